The van der Waals surface area contributed by atoms with Gasteiger partial charge in [0.2, 0.25) is 5.91 Å². The number of hydrogen-bond acceptors (Lipinski definition) is 4. The molecule has 1 fully saturated rings. The molecular weight excluding hydrogens is 428 g/mol. The van der Waals surface area contributed by atoms with Gasteiger partial charge in [-0.05, 0) is 68.4 Å². The molecule has 0 saturated heterocycles. The number of carbonyl (C=O) groups excluding carboxylic acids is 2. The van der Waals surface area contributed by atoms with Crippen molar-refractivity contribution < 1.29 is 14.3 Å². The maximum absolute atomic E-state index is 13.8. The zero-order valence-corrected chi connectivity index (χ0v) is 20.1. The minimum Gasteiger partial charge on any atom is -0.497 e. The Morgan fingerprint density at radius 1 is 1.12 bits per heavy atom. The van der Waals surface area contributed by atoms with E-state index in [-0.39, 0.29) is 17.9 Å². The van der Waals surface area contributed by atoms with Crippen LogP contribution in [0.5, 0.6) is 5.75 Å². The molecule has 0 radical (unpaired) electrons. The summed E-state index contributed by atoms with van der Waals surface area (Å²) in [6.45, 7) is 4.83. The number of benzene rings is 2. The molecule has 1 atom stereocenters. The minimum absolute atomic E-state index is 0.0997. The second-order valence-electron chi connectivity index (χ2n) is 9.95. The van der Waals surface area contributed by atoms with Crippen LogP contribution in [0, 0.1) is 5.92 Å². The molecule has 3 aromatic rings. The number of hydrogen-bond donors (Lipinski definition) is 1. The van der Waals surface area contributed by atoms with Gasteiger partial charge in [-0.25, -0.2) is 4.98 Å². The smallest absolute Gasteiger partial charge is 0.291 e. The van der Waals surface area contributed by atoms with Crippen LogP contribution in [0.2, 0.25) is 0 Å². The number of nitrogens with zero attached hydrogens (tertiary/aromatic N) is 3. The Balaban J connectivity index is 1.51. The number of fused-ring (bicyclic) bond motifs is 3. The third-order valence-electron chi connectivity index (χ3n) is 7.49. The first-order valence-electron chi connectivity index (χ1n) is 12.1. The van der Waals surface area contributed by atoms with Gasteiger partial charge >= 0.3 is 0 Å². The lowest BCUT2D eigenvalue weighted by Crippen LogP contribution is -2.64. The highest BCUT2D eigenvalue weighted by Crippen LogP contribution is 2.33. The van der Waals surface area contributed by atoms with Gasteiger partial charge in [-0.2, -0.15) is 0 Å². The molecule has 0 bridgehead atoms. The molecule has 7 heteroatoms. The number of ether oxygens (including phenoxy) is 1. The fourth-order valence-electron chi connectivity index (χ4n) is 5.24. The molecule has 34 heavy (non-hydrogen) atoms. The van der Waals surface area contributed by atoms with Crippen LogP contribution in [-0.2, 0) is 17.9 Å². The van der Waals surface area contributed by atoms with Crippen LogP contribution < -0.4 is 10.1 Å². The third kappa shape index (κ3) is 3.93. The molecule has 178 valence electrons. The van der Waals surface area contributed by atoms with Crippen LogP contribution in [-0.4, -0.2) is 45.0 Å². The van der Waals surface area contributed by atoms with E-state index in [1.165, 1.54) is 0 Å². The number of para-hydroxylation sites is 2. The Bertz CT molecular complexity index is 1210. The SMILES string of the molecule is COc1ccc(CN2C(=O)c3nc4ccccc4n3C[C@]2(C)C(=O)NC2CCC(C)CC2)cc1. The molecule has 2 aromatic carbocycles. The van der Waals surface area contributed by atoms with E-state index in [0.717, 1.165) is 48.0 Å². The van der Waals surface area contributed by atoms with E-state index in [9.17, 15) is 9.59 Å². The highest BCUT2D eigenvalue weighted by Gasteiger charge is 2.48. The Kier molecular flexibility index (Phi) is 5.80. The van der Waals surface area contributed by atoms with E-state index >= 15 is 0 Å². The van der Waals surface area contributed by atoms with Crippen molar-refractivity contribution in [2.45, 2.75) is 64.2 Å². The van der Waals surface area contributed by atoms with Gasteiger partial charge in [0.05, 0.1) is 24.7 Å². The first kappa shape index (κ1) is 22.4. The topological polar surface area (TPSA) is 76.5 Å². The van der Waals surface area contributed by atoms with Crippen molar-refractivity contribution >= 4 is 22.8 Å². The highest BCUT2D eigenvalue weighted by atomic mass is 16.5. The lowest BCUT2D eigenvalue weighted by atomic mass is 9.86. The summed E-state index contributed by atoms with van der Waals surface area (Å²) in [5, 5.41) is 3.29. The van der Waals surface area contributed by atoms with E-state index in [1.807, 2.05) is 60.0 Å². The minimum atomic E-state index is -1.05. The van der Waals surface area contributed by atoms with Crippen LogP contribution in [0.15, 0.2) is 48.5 Å². The van der Waals surface area contributed by atoms with Crippen molar-refractivity contribution in [1.82, 2.24) is 19.8 Å². The molecule has 1 N–H and O–H groups in total. The van der Waals surface area contributed by atoms with Crippen LogP contribution >= 0.6 is 0 Å². The average molecular weight is 461 g/mol. The number of amides is 2. The van der Waals surface area contributed by atoms with Crippen LogP contribution in [0.3, 0.4) is 0 Å². The van der Waals surface area contributed by atoms with Gasteiger partial charge in [-0.15, -0.1) is 0 Å². The van der Waals surface area contributed by atoms with Crippen molar-refractivity contribution in [2.75, 3.05) is 7.11 Å². The second kappa shape index (κ2) is 8.78. The number of methoxy groups -OCH3 is 1. The predicted molar refractivity (Wildman–Crippen MR) is 131 cm³/mol. The number of carbonyl (C=O) groups is 2. The van der Waals surface area contributed by atoms with Gasteiger partial charge in [0.1, 0.15) is 11.3 Å². The zero-order valence-electron chi connectivity index (χ0n) is 20.1. The van der Waals surface area contributed by atoms with Gasteiger partial charge in [-0.1, -0.05) is 31.2 Å². The fourth-order valence-corrected chi connectivity index (χ4v) is 5.24. The number of nitrogens with one attached hydrogen (secondary N) is 1. The van der Waals surface area contributed by atoms with Crippen molar-refractivity contribution in [3.05, 3.63) is 59.9 Å². The molecule has 1 aliphatic heterocycles. The monoisotopic (exact) mass is 460 g/mol. The lowest BCUT2D eigenvalue weighted by Gasteiger charge is -2.44. The molecule has 2 aliphatic rings. The Morgan fingerprint density at radius 2 is 1.82 bits per heavy atom. The molecule has 2 heterocycles. The van der Waals surface area contributed by atoms with E-state index in [4.69, 9.17) is 4.74 Å². The van der Waals surface area contributed by atoms with Crippen molar-refractivity contribution in [3.63, 3.8) is 0 Å². The molecule has 1 aromatic heterocycles. The largest absolute Gasteiger partial charge is 0.497 e. The maximum atomic E-state index is 13.8. The van der Waals surface area contributed by atoms with E-state index < -0.39 is 5.54 Å². The maximum Gasteiger partial charge on any atom is 0.291 e. The summed E-state index contributed by atoms with van der Waals surface area (Å²) in [4.78, 5) is 33.9. The van der Waals surface area contributed by atoms with Gasteiger partial charge in [0.25, 0.3) is 5.91 Å². The summed E-state index contributed by atoms with van der Waals surface area (Å²) in [5.74, 6) is 1.51. The summed E-state index contributed by atoms with van der Waals surface area (Å²) in [6, 6.07) is 15.5. The highest BCUT2D eigenvalue weighted by molar-refractivity contribution is 6.01. The lowest BCUT2D eigenvalue weighted by molar-refractivity contribution is -0.134. The summed E-state index contributed by atoms with van der Waals surface area (Å²) in [5.41, 5.74) is 1.53. The fraction of sp³-hybridized carbons (Fsp3) is 0.444. The molecule has 0 spiro atoms. The van der Waals surface area contributed by atoms with E-state index in [2.05, 4.69) is 17.2 Å². The quantitative estimate of drug-likeness (QED) is 0.621. The van der Waals surface area contributed by atoms with Gasteiger partial charge in [-0.3, -0.25) is 9.59 Å². The van der Waals surface area contributed by atoms with Gasteiger partial charge in [0, 0.05) is 12.6 Å². The first-order valence-corrected chi connectivity index (χ1v) is 12.1. The Labute approximate surface area is 200 Å². The molecular formula is C27H32N4O3. The van der Waals surface area contributed by atoms with Crippen molar-refractivity contribution in [1.29, 1.82) is 0 Å². The van der Waals surface area contributed by atoms with Gasteiger partial charge < -0.3 is 19.5 Å². The average Bonchev–Trinajstić information content (AvgIpc) is 3.22. The number of aromatic nitrogens is 2. The summed E-state index contributed by atoms with van der Waals surface area (Å²) in [7, 11) is 1.63. The summed E-state index contributed by atoms with van der Waals surface area (Å²) < 4.78 is 7.18. The second-order valence-corrected chi connectivity index (χ2v) is 9.95. The van der Waals surface area contributed by atoms with Crippen LogP contribution in [0.25, 0.3) is 11.0 Å². The van der Waals surface area contributed by atoms with E-state index in [1.54, 1.807) is 12.0 Å². The summed E-state index contributed by atoms with van der Waals surface area (Å²) in [6.07, 6.45) is 4.20. The van der Waals surface area contributed by atoms with Crippen LogP contribution in [0.1, 0.15) is 55.7 Å². The van der Waals surface area contributed by atoms with Gasteiger partial charge in [0.15, 0.2) is 5.82 Å². The Morgan fingerprint density at radius 3 is 2.53 bits per heavy atom. The molecule has 1 saturated carbocycles. The first-order chi connectivity index (χ1) is 16.4. The standard InChI is InChI=1S/C27H32N4O3/c1-18-8-12-20(13-9-18)28-26(33)27(2)17-30-23-7-5-4-6-22(23)29-24(30)25(32)31(27)16-19-10-14-21(34-3)15-11-19/h4-7,10-11,14-15,18,20H,8-9,12-13,16-17H2,1-3H3,(H,28,33)/t18?,20?,27-/m1/s1. The normalized spacial score (nSPS) is 24.7. The van der Waals surface area contributed by atoms with Crippen LogP contribution in [0.4, 0.5) is 0 Å². The predicted octanol–water partition coefficient (Wildman–Crippen LogP) is 4.15. The third-order valence-corrected chi connectivity index (χ3v) is 7.49. The molecule has 0 unspecified atom stereocenters. The number of imidazole rings is 1. The molecule has 1 aliphatic carbocycles. The zero-order chi connectivity index (χ0) is 23.9. The molecule has 7 nitrogen and oxygen atoms in total. The van der Waals surface area contributed by atoms with Crippen molar-refractivity contribution in [3.8, 4) is 5.75 Å². The Hall–Kier alpha value is -3.35. The number of rotatable bonds is 5. The van der Waals surface area contributed by atoms with E-state index in [0.29, 0.717) is 24.8 Å². The molecule has 5 rings (SSSR count). The summed E-state index contributed by atoms with van der Waals surface area (Å²) >= 11 is 0. The molecule has 2 amide bonds. The van der Waals surface area contributed by atoms with Crippen molar-refractivity contribution in [2.24, 2.45) is 5.92 Å².